The molecule has 0 amide bonds. The molecule has 0 aliphatic rings. The highest BCUT2D eigenvalue weighted by Crippen LogP contribution is 2.35. The van der Waals surface area contributed by atoms with E-state index in [1.165, 1.54) is 12.1 Å². The maximum atomic E-state index is 12.5. The van der Waals surface area contributed by atoms with Gasteiger partial charge in [0, 0.05) is 10.6 Å². The second kappa shape index (κ2) is 6.66. The van der Waals surface area contributed by atoms with Crippen LogP contribution in [0, 0.1) is 0 Å². The number of ether oxygens (including phenoxy) is 1. The molecule has 0 saturated carbocycles. The molecule has 5 nitrogen and oxygen atoms in total. The van der Waals surface area contributed by atoms with E-state index in [9.17, 15) is 19.8 Å². The van der Waals surface area contributed by atoms with Crippen LogP contribution < -0.4 is 0 Å². The summed E-state index contributed by atoms with van der Waals surface area (Å²) in [6.07, 6.45) is 0. The van der Waals surface area contributed by atoms with Crippen molar-refractivity contribution in [2.45, 2.75) is 0 Å². The van der Waals surface area contributed by atoms with Crippen LogP contribution in [0.15, 0.2) is 24.3 Å². The van der Waals surface area contributed by atoms with E-state index in [1.807, 2.05) is 0 Å². The number of hydrogen-bond donors (Lipinski definition) is 2. The predicted octanol–water partition coefficient (Wildman–Crippen LogP) is 4.08. The zero-order valence-corrected chi connectivity index (χ0v) is 13.8. The minimum atomic E-state index is -0.868. The number of aromatic hydroxyl groups is 2. The van der Waals surface area contributed by atoms with Crippen molar-refractivity contribution >= 4 is 46.6 Å². The van der Waals surface area contributed by atoms with Gasteiger partial charge >= 0.3 is 5.97 Å². The summed E-state index contributed by atoms with van der Waals surface area (Å²) < 4.78 is 4.51. The molecule has 0 saturated heterocycles. The summed E-state index contributed by atoms with van der Waals surface area (Å²) in [5.74, 6) is -2.51. The molecule has 0 fully saturated rings. The van der Waals surface area contributed by atoms with Gasteiger partial charge in [0.1, 0.15) is 17.1 Å². The van der Waals surface area contributed by atoms with Gasteiger partial charge in [0.2, 0.25) is 0 Å². The lowest BCUT2D eigenvalue weighted by Gasteiger charge is -2.10. The van der Waals surface area contributed by atoms with Crippen LogP contribution >= 0.6 is 34.8 Å². The Hall–Kier alpha value is -1.95. The van der Waals surface area contributed by atoms with Gasteiger partial charge in [0.05, 0.1) is 22.7 Å². The summed E-state index contributed by atoms with van der Waals surface area (Å²) in [5.41, 5.74) is -0.502. The Morgan fingerprint density at radius 3 is 2.09 bits per heavy atom. The van der Waals surface area contributed by atoms with Crippen LogP contribution in [-0.2, 0) is 4.74 Å². The third kappa shape index (κ3) is 3.37. The standard InChI is InChI=1S/C15H9Cl3O5/c1-23-15(22)9-2-6(3-10(17)14(9)21)12(19)8-4-7(16)5-11(18)13(8)20/h2-5,20-21H,1H3. The second-order valence-electron chi connectivity index (χ2n) is 4.46. The molecule has 2 N–H and O–H groups in total. The van der Waals surface area contributed by atoms with Gasteiger partial charge in [-0.05, 0) is 24.3 Å². The van der Waals surface area contributed by atoms with E-state index >= 15 is 0 Å². The van der Waals surface area contributed by atoms with Crippen molar-refractivity contribution in [3.05, 3.63) is 56.0 Å². The topological polar surface area (TPSA) is 83.8 Å². The molecule has 23 heavy (non-hydrogen) atoms. The first-order chi connectivity index (χ1) is 10.8. The van der Waals surface area contributed by atoms with Crippen LogP contribution in [-0.4, -0.2) is 29.1 Å². The zero-order valence-electron chi connectivity index (χ0n) is 11.6. The Labute approximate surface area is 146 Å². The number of methoxy groups -OCH3 is 1. The normalized spacial score (nSPS) is 10.4. The molecule has 2 rings (SSSR count). The number of rotatable bonds is 3. The van der Waals surface area contributed by atoms with Crippen molar-refractivity contribution < 1.29 is 24.5 Å². The number of carbonyl (C=O) groups excluding carboxylic acids is 2. The van der Waals surface area contributed by atoms with Crippen LogP contribution in [0.4, 0.5) is 0 Å². The van der Waals surface area contributed by atoms with E-state index in [1.54, 1.807) is 0 Å². The molecule has 0 aliphatic carbocycles. The molecule has 0 heterocycles. The lowest BCUT2D eigenvalue weighted by atomic mass is 10.00. The highest BCUT2D eigenvalue weighted by atomic mass is 35.5. The summed E-state index contributed by atoms with van der Waals surface area (Å²) in [7, 11) is 1.12. The summed E-state index contributed by atoms with van der Waals surface area (Å²) in [5, 5.41) is 19.5. The fourth-order valence-corrected chi connectivity index (χ4v) is 2.60. The quantitative estimate of drug-likeness (QED) is 0.624. The first kappa shape index (κ1) is 17.4. The van der Waals surface area contributed by atoms with Crippen LogP contribution in [0.2, 0.25) is 15.1 Å². The Bertz CT molecular complexity index is 817. The molecule has 0 bridgehead atoms. The largest absolute Gasteiger partial charge is 0.506 e. The fraction of sp³-hybridized carbons (Fsp3) is 0.0667. The maximum absolute atomic E-state index is 12.5. The van der Waals surface area contributed by atoms with E-state index in [2.05, 4.69) is 4.74 Å². The molecule has 8 heteroatoms. The molecule has 2 aromatic carbocycles. The number of ketones is 1. The first-order valence-corrected chi connectivity index (χ1v) is 7.23. The van der Waals surface area contributed by atoms with Crippen LogP contribution in [0.5, 0.6) is 11.5 Å². The Morgan fingerprint density at radius 2 is 1.48 bits per heavy atom. The van der Waals surface area contributed by atoms with Crippen LogP contribution in [0.25, 0.3) is 0 Å². The Balaban J connectivity index is 2.61. The molecule has 0 aliphatic heterocycles. The van der Waals surface area contributed by atoms with Gasteiger partial charge in [-0.15, -0.1) is 0 Å². The van der Waals surface area contributed by atoms with Gasteiger partial charge in [-0.3, -0.25) is 4.79 Å². The smallest absolute Gasteiger partial charge is 0.341 e. The molecule has 0 unspecified atom stereocenters. The van der Waals surface area contributed by atoms with E-state index in [0.717, 1.165) is 19.2 Å². The monoisotopic (exact) mass is 374 g/mol. The lowest BCUT2D eigenvalue weighted by Crippen LogP contribution is -2.07. The molecular weight excluding hydrogens is 367 g/mol. The highest BCUT2D eigenvalue weighted by Gasteiger charge is 2.22. The zero-order chi connectivity index (χ0) is 17.3. The van der Waals surface area contributed by atoms with Gasteiger partial charge in [-0.25, -0.2) is 4.79 Å². The Morgan fingerprint density at radius 1 is 0.913 bits per heavy atom. The van der Waals surface area contributed by atoms with Gasteiger partial charge in [0.15, 0.2) is 5.78 Å². The number of phenolic OH excluding ortho intramolecular Hbond substituents is 2. The van der Waals surface area contributed by atoms with Crippen molar-refractivity contribution in [2.75, 3.05) is 7.11 Å². The van der Waals surface area contributed by atoms with E-state index < -0.39 is 23.3 Å². The van der Waals surface area contributed by atoms with E-state index in [-0.39, 0.29) is 31.8 Å². The fourth-order valence-electron chi connectivity index (χ4n) is 1.89. The molecule has 120 valence electrons. The van der Waals surface area contributed by atoms with Crippen LogP contribution in [0.3, 0.4) is 0 Å². The minimum Gasteiger partial charge on any atom is -0.506 e. The maximum Gasteiger partial charge on any atom is 0.341 e. The number of esters is 1. The van der Waals surface area contributed by atoms with Gasteiger partial charge in [-0.2, -0.15) is 0 Å². The summed E-state index contributed by atoms with van der Waals surface area (Å²) in [6, 6.07) is 4.76. The van der Waals surface area contributed by atoms with Crippen molar-refractivity contribution in [3.63, 3.8) is 0 Å². The molecular formula is C15H9Cl3O5. The van der Waals surface area contributed by atoms with Crippen molar-refractivity contribution in [1.82, 2.24) is 0 Å². The average molecular weight is 376 g/mol. The number of halogens is 3. The minimum absolute atomic E-state index is 0.0539. The predicted molar refractivity (Wildman–Crippen MR) is 86.0 cm³/mol. The van der Waals surface area contributed by atoms with Gasteiger partial charge in [0.25, 0.3) is 0 Å². The summed E-state index contributed by atoms with van der Waals surface area (Å²) in [4.78, 5) is 24.2. The first-order valence-electron chi connectivity index (χ1n) is 6.09. The molecule has 0 spiro atoms. The molecule has 0 aromatic heterocycles. The average Bonchev–Trinajstić information content (AvgIpc) is 2.51. The highest BCUT2D eigenvalue weighted by molar-refractivity contribution is 6.37. The summed E-state index contributed by atoms with van der Waals surface area (Å²) >= 11 is 17.4. The third-order valence-electron chi connectivity index (χ3n) is 3.00. The second-order valence-corrected chi connectivity index (χ2v) is 5.71. The van der Waals surface area contributed by atoms with Crippen molar-refractivity contribution in [1.29, 1.82) is 0 Å². The van der Waals surface area contributed by atoms with Gasteiger partial charge in [-0.1, -0.05) is 34.8 Å². The molecule has 2 aromatic rings. The number of carbonyl (C=O) groups is 2. The number of hydrogen-bond acceptors (Lipinski definition) is 5. The molecule has 0 radical (unpaired) electrons. The SMILES string of the molecule is COC(=O)c1cc(C(=O)c2cc(Cl)cc(Cl)c2O)cc(Cl)c1O. The Kier molecular flexibility index (Phi) is 5.04. The molecule has 0 atom stereocenters. The van der Waals surface area contributed by atoms with Crippen molar-refractivity contribution in [3.8, 4) is 11.5 Å². The number of phenols is 2. The van der Waals surface area contributed by atoms with Crippen LogP contribution in [0.1, 0.15) is 26.3 Å². The van der Waals surface area contributed by atoms with E-state index in [4.69, 9.17) is 34.8 Å². The number of benzene rings is 2. The van der Waals surface area contributed by atoms with E-state index in [0.29, 0.717) is 0 Å². The lowest BCUT2D eigenvalue weighted by molar-refractivity contribution is 0.0597. The van der Waals surface area contributed by atoms with Gasteiger partial charge < -0.3 is 14.9 Å². The summed E-state index contributed by atoms with van der Waals surface area (Å²) in [6.45, 7) is 0. The van der Waals surface area contributed by atoms with Crippen molar-refractivity contribution in [2.24, 2.45) is 0 Å². The third-order valence-corrected chi connectivity index (χ3v) is 3.80.